The fraction of sp³-hybridized carbons (Fsp3) is 0.184. The number of rotatable bonds is 5. The van der Waals surface area contributed by atoms with Gasteiger partial charge in [0.15, 0.2) is 0 Å². The van der Waals surface area contributed by atoms with Crippen LogP contribution in [0.5, 0.6) is 0 Å². The van der Waals surface area contributed by atoms with Crippen molar-refractivity contribution in [2.75, 3.05) is 10.2 Å². The number of anilines is 2. The highest BCUT2D eigenvalue weighted by Crippen LogP contribution is 2.60. The Morgan fingerprint density at radius 2 is 1.45 bits per heavy atom. The highest BCUT2D eigenvalue weighted by molar-refractivity contribution is 5.90. The summed E-state index contributed by atoms with van der Waals surface area (Å²) < 4.78 is 0. The summed E-state index contributed by atoms with van der Waals surface area (Å²) in [6, 6.07) is 40.3. The van der Waals surface area contributed by atoms with Gasteiger partial charge >= 0.3 is 0 Å². The topological polar surface area (TPSA) is 15.3 Å². The smallest absolute Gasteiger partial charge is 0.138 e. The van der Waals surface area contributed by atoms with Gasteiger partial charge < -0.3 is 10.2 Å². The normalized spacial score (nSPS) is 27.5. The molecule has 1 N–H and O–H groups in total. The Kier molecular flexibility index (Phi) is 7.58. The Labute approximate surface area is 302 Å². The van der Waals surface area contributed by atoms with Gasteiger partial charge in [-0.05, 0) is 82.0 Å². The summed E-state index contributed by atoms with van der Waals surface area (Å²) in [5, 5.41) is 3.90. The third kappa shape index (κ3) is 5.00. The SMILES string of the molecule is CC1C=CC=C2C(c3ccccc3)=C3C=CC(c4ccc(C5(C)Nc6ccccc6N5C5=CCC=CC=C5)cc4)=CC3C(C)(c3ccccc3)C21. The monoisotopic (exact) mass is 660 g/mol. The third-order valence-electron chi connectivity index (χ3n) is 12.0. The Hall–Kier alpha value is -5.60. The summed E-state index contributed by atoms with van der Waals surface area (Å²) in [5.74, 6) is 0.940. The minimum atomic E-state index is -0.442. The Balaban J connectivity index is 1.15. The van der Waals surface area contributed by atoms with E-state index in [9.17, 15) is 0 Å². The van der Waals surface area contributed by atoms with Crippen molar-refractivity contribution in [2.45, 2.75) is 38.3 Å². The van der Waals surface area contributed by atoms with Crippen LogP contribution in [0, 0.1) is 17.8 Å². The maximum Gasteiger partial charge on any atom is 0.138 e. The van der Waals surface area contributed by atoms with Gasteiger partial charge in [0, 0.05) is 22.9 Å². The van der Waals surface area contributed by atoms with Gasteiger partial charge in [0.1, 0.15) is 5.66 Å². The second kappa shape index (κ2) is 12.3. The molecule has 0 spiro atoms. The molecule has 0 fully saturated rings. The Morgan fingerprint density at radius 3 is 2.25 bits per heavy atom. The van der Waals surface area contributed by atoms with Crippen LogP contribution in [-0.2, 0) is 11.1 Å². The molecule has 0 aromatic heterocycles. The van der Waals surface area contributed by atoms with Crippen molar-refractivity contribution >= 4 is 22.5 Å². The molecule has 5 atom stereocenters. The largest absolute Gasteiger partial charge is 0.357 e. The van der Waals surface area contributed by atoms with E-state index < -0.39 is 5.66 Å². The predicted octanol–water partition coefficient (Wildman–Crippen LogP) is 11.9. The van der Waals surface area contributed by atoms with E-state index >= 15 is 0 Å². The van der Waals surface area contributed by atoms with Crippen LogP contribution >= 0.6 is 0 Å². The molecule has 4 aromatic rings. The summed E-state index contributed by atoms with van der Waals surface area (Å²) in [6.45, 7) is 7.22. The minimum absolute atomic E-state index is 0.136. The lowest BCUT2D eigenvalue weighted by Crippen LogP contribution is -2.47. The Bertz CT molecular complexity index is 2240. The molecule has 9 rings (SSSR count). The first-order valence-electron chi connectivity index (χ1n) is 18.4. The number of hydrogen-bond donors (Lipinski definition) is 1. The average Bonchev–Trinajstić information content (AvgIpc) is 3.28. The second-order valence-corrected chi connectivity index (χ2v) is 14.9. The summed E-state index contributed by atoms with van der Waals surface area (Å²) in [4.78, 5) is 2.46. The molecule has 250 valence electrons. The molecule has 0 amide bonds. The standard InChI is InChI=1S/C49H44N2/c1-34-17-16-24-42-46(36-18-8-6-9-19-36)41-32-29-37(33-43(41)48(2,47(34)42)38-20-10-7-11-21-38)35-27-30-39(31-28-35)49(3)50-44-25-14-15-26-45(44)51(49)40-22-12-4-5-13-23-40/h4-12,14-34,43,47,50H,13H2,1-3H3. The Morgan fingerprint density at radius 1 is 0.706 bits per heavy atom. The fourth-order valence-electron chi connectivity index (χ4n) is 9.58. The van der Waals surface area contributed by atoms with Crippen molar-refractivity contribution in [1.29, 1.82) is 0 Å². The van der Waals surface area contributed by atoms with E-state index in [1.165, 1.54) is 55.9 Å². The number of benzene rings is 4. The third-order valence-corrected chi connectivity index (χ3v) is 12.0. The van der Waals surface area contributed by atoms with Gasteiger partial charge in [0.2, 0.25) is 0 Å². The minimum Gasteiger partial charge on any atom is -0.357 e. The molecule has 1 heterocycles. The zero-order valence-electron chi connectivity index (χ0n) is 29.6. The van der Waals surface area contributed by atoms with Crippen molar-refractivity contribution < 1.29 is 0 Å². The molecule has 0 saturated heterocycles. The molecule has 5 aliphatic rings. The van der Waals surface area contributed by atoms with Crippen LogP contribution in [0.3, 0.4) is 0 Å². The highest BCUT2D eigenvalue weighted by Gasteiger charge is 2.52. The van der Waals surface area contributed by atoms with E-state index in [0.29, 0.717) is 11.8 Å². The van der Waals surface area contributed by atoms with Gasteiger partial charge in [-0.15, -0.1) is 0 Å². The zero-order valence-corrected chi connectivity index (χ0v) is 29.6. The van der Waals surface area contributed by atoms with Crippen LogP contribution in [0.2, 0.25) is 0 Å². The number of nitrogens with zero attached hydrogens (tertiary/aromatic N) is 1. The number of allylic oxidation sites excluding steroid dienone is 15. The average molecular weight is 661 g/mol. The predicted molar refractivity (Wildman–Crippen MR) is 215 cm³/mol. The van der Waals surface area contributed by atoms with Crippen molar-refractivity contribution in [2.24, 2.45) is 17.8 Å². The molecular weight excluding hydrogens is 617 g/mol. The summed E-state index contributed by atoms with van der Waals surface area (Å²) in [5.41, 5.74) is 13.7. The van der Waals surface area contributed by atoms with Crippen LogP contribution in [0.15, 0.2) is 193 Å². The summed E-state index contributed by atoms with van der Waals surface area (Å²) in [6.07, 6.45) is 26.4. The van der Waals surface area contributed by atoms with Crippen molar-refractivity contribution in [3.05, 3.63) is 215 Å². The quantitative estimate of drug-likeness (QED) is 0.229. The first kappa shape index (κ1) is 31.4. The van der Waals surface area contributed by atoms with E-state index in [2.05, 4.69) is 207 Å². The second-order valence-electron chi connectivity index (χ2n) is 14.9. The molecule has 0 saturated carbocycles. The molecule has 5 unspecified atom stereocenters. The lowest BCUT2D eigenvalue weighted by Gasteiger charge is -2.53. The van der Waals surface area contributed by atoms with E-state index in [1.54, 1.807) is 0 Å². The maximum absolute atomic E-state index is 3.90. The molecule has 51 heavy (non-hydrogen) atoms. The lowest BCUT2D eigenvalue weighted by molar-refractivity contribution is 0.230. The number of hydrogen-bond acceptors (Lipinski definition) is 2. The van der Waals surface area contributed by atoms with Gasteiger partial charge in [-0.3, -0.25) is 0 Å². The molecule has 0 bridgehead atoms. The van der Waals surface area contributed by atoms with Crippen molar-refractivity contribution in [3.63, 3.8) is 0 Å². The zero-order chi connectivity index (χ0) is 34.6. The van der Waals surface area contributed by atoms with Crippen molar-refractivity contribution in [1.82, 2.24) is 0 Å². The van der Waals surface area contributed by atoms with Crippen LogP contribution in [0.4, 0.5) is 11.4 Å². The van der Waals surface area contributed by atoms with E-state index in [1.807, 2.05) is 0 Å². The van der Waals surface area contributed by atoms with Crippen LogP contribution in [0.25, 0.3) is 11.1 Å². The molecule has 2 heteroatoms. The first-order chi connectivity index (χ1) is 25.0. The maximum atomic E-state index is 3.90. The fourth-order valence-corrected chi connectivity index (χ4v) is 9.58. The lowest BCUT2D eigenvalue weighted by atomic mass is 9.50. The van der Waals surface area contributed by atoms with Crippen LogP contribution in [-0.4, -0.2) is 0 Å². The molecule has 4 aromatic carbocycles. The van der Waals surface area contributed by atoms with Crippen LogP contribution < -0.4 is 10.2 Å². The molecule has 1 aliphatic heterocycles. The van der Waals surface area contributed by atoms with Gasteiger partial charge in [-0.2, -0.15) is 0 Å². The van der Waals surface area contributed by atoms with Gasteiger partial charge in [0.05, 0.1) is 11.4 Å². The van der Waals surface area contributed by atoms with Crippen molar-refractivity contribution in [3.8, 4) is 0 Å². The van der Waals surface area contributed by atoms with Gasteiger partial charge in [-0.1, -0.05) is 172 Å². The molecule has 0 radical (unpaired) electrons. The van der Waals surface area contributed by atoms with E-state index in [4.69, 9.17) is 0 Å². The molecular formula is C49H44N2. The van der Waals surface area contributed by atoms with E-state index in [0.717, 1.165) is 12.1 Å². The number of para-hydroxylation sites is 2. The van der Waals surface area contributed by atoms with Gasteiger partial charge in [-0.25, -0.2) is 0 Å². The van der Waals surface area contributed by atoms with Crippen LogP contribution in [0.1, 0.15) is 49.4 Å². The number of nitrogens with one attached hydrogen (secondary N) is 1. The molecule has 4 aliphatic carbocycles. The summed E-state index contributed by atoms with van der Waals surface area (Å²) >= 11 is 0. The molecule has 2 nitrogen and oxygen atoms in total. The highest BCUT2D eigenvalue weighted by atomic mass is 15.4. The van der Waals surface area contributed by atoms with E-state index in [-0.39, 0.29) is 11.3 Å². The number of fused-ring (bicyclic) bond motifs is 3. The van der Waals surface area contributed by atoms with Gasteiger partial charge in [0.25, 0.3) is 0 Å². The first-order valence-corrected chi connectivity index (χ1v) is 18.4. The summed E-state index contributed by atoms with van der Waals surface area (Å²) in [7, 11) is 0.